The van der Waals surface area contributed by atoms with Gasteiger partial charge in [0.05, 0.1) is 6.04 Å². The van der Waals surface area contributed by atoms with Gasteiger partial charge in [0, 0.05) is 5.69 Å². The molecule has 0 aliphatic heterocycles. The van der Waals surface area contributed by atoms with E-state index in [9.17, 15) is 0 Å². The Kier molecular flexibility index (Phi) is 3.46. The fourth-order valence-corrected chi connectivity index (χ4v) is 2.17. The van der Waals surface area contributed by atoms with Gasteiger partial charge in [0.25, 0.3) is 0 Å². The molecule has 0 amide bonds. The number of terminal acetylenes is 1. The number of anilines is 1. The van der Waals surface area contributed by atoms with Gasteiger partial charge in [0.15, 0.2) is 0 Å². The van der Waals surface area contributed by atoms with E-state index in [2.05, 4.69) is 29.2 Å². The molecule has 1 aromatic heterocycles. The second-order valence-electron chi connectivity index (χ2n) is 4.31. The first-order chi connectivity index (χ1) is 7.83. The molecule has 0 saturated heterocycles. The lowest BCUT2D eigenvalue weighted by Gasteiger charge is -2.13. The van der Waals surface area contributed by atoms with Crippen molar-refractivity contribution < 1.29 is 0 Å². The third kappa shape index (κ3) is 2.36. The molecule has 0 radical (unpaired) electrons. The van der Waals surface area contributed by atoms with Crippen molar-refractivity contribution in [1.29, 1.82) is 0 Å². The quantitative estimate of drug-likeness (QED) is 0.780. The average Bonchev–Trinajstić information content (AvgIpc) is 2.75. The summed E-state index contributed by atoms with van der Waals surface area (Å²) in [7, 11) is 0. The molecule has 1 aromatic rings. The van der Waals surface area contributed by atoms with Crippen molar-refractivity contribution >= 4 is 5.82 Å². The van der Waals surface area contributed by atoms with Gasteiger partial charge in [-0.3, -0.25) is 0 Å². The van der Waals surface area contributed by atoms with Crippen LogP contribution >= 0.6 is 0 Å². The van der Waals surface area contributed by atoms with E-state index in [4.69, 9.17) is 6.42 Å². The number of aromatic nitrogens is 1. The summed E-state index contributed by atoms with van der Waals surface area (Å²) < 4.78 is 0. The number of hydrogen-bond acceptors (Lipinski definition) is 2. The van der Waals surface area contributed by atoms with Crippen molar-refractivity contribution in [2.75, 3.05) is 5.32 Å². The maximum absolute atomic E-state index is 5.48. The van der Waals surface area contributed by atoms with Crippen molar-refractivity contribution in [3.05, 3.63) is 23.4 Å². The Labute approximate surface area is 97.5 Å². The summed E-state index contributed by atoms with van der Waals surface area (Å²) in [4.78, 5) is 4.62. The fraction of sp³-hybridized carbons (Fsp3) is 0.500. The molecule has 1 unspecified atom stereocenters. The molecule has 1 N–H and O–H groups in total. The molecule has 0 spiro atoms. The van der Waals surface area contributed by atoms with Gasteiger partial charge in [-0.05, 0) is 37.3 Å². The van der Waals surface area contributed by atoms with E-state index in [1.807, 2.05) is 6.07 Å². The molecule has 0 bridgehead atoms. The van der Waals surface area contributed by atoms with Gasteiger partial charge in [-0.1, -0.05) is 25.3 Å². The lowest BCUT2D eigenvalue weighted by atomic mass is 10.1. The van der Waals surface area contributed by atoms with Crippen LogP contribution in [0.2, 0.25) is 0 Å². The Morgan fingerprint density at radius 1 is 1.50 bits per heavy atom. The largest absolute Gasteiger partial charge is 0.356 e. The molecule has 1 heterocycles. The number of fused-ring (bicyclic) bond motifs is 1. The van der Waals surface area contributed by atoms with E-state index in [0.29, 0.717) is 0 Å². The maximum atomic E-state index is 5.48. The SMILES string of the molecule is C#CC(CCC)Nc1ccc2c(n1)CCC2. The van der Waals surface area contributed by atoms with Gasteiger partial charge in [-0.25, -0.2) is 4.98 Å². The number of pyridine rings is 1. The summed E-state index contributed by atoms with van der Waals surface area (Å²) in [6.45, 7) is 2.14. The first-order valence-electron chi connectivity index (χ1n) is 6.05. The Balaban J connectivity index is 2.07. The lowest BCUT2D eigenvalue weighted by Crippen LogP contribution is -2.17. The molecular formula is C14H18N2. The van der Waals surface area contributed by atoms with E-state index in [1.54, 1.807) is 0 Å². The highest BCUT2D eigenvalue weighted by Gasteiger charge is 2.13. The van der Waals surface area contributed by atoms with Crippen LogP contribution < -0.4 is 5.32 Å². The van der Waals surface area contributed by atoms with Gasteiger partial charge < -0.3 is 5.32 Å². The summed E-state index contributed by atoms with van der Waals surface area (Å²) in [6.07, 6.45) is 11.1. The smallest absolute Gasteiger partial charge is 0.127 e. The normalized spacial score (nSPS) is 15.2. The number of rotatable bonds is 4. The van der Waals surface area contributed by atoms with Crippen LogP contribution in [0.4, 0.5) is 5.82 Å². The zero-order chi connectivity index (χ0) is 11.4. The van der Waals surface area contributed by atoms with Gasteiger partial charge in [0.1, 0.15) is 5.82 Å². The number of nitrogens with zero attached hydrogens (tertiary/aromatic N) is 1. The van der Waals surface area contributed by atoms with Gasteiger partial charge >= 0.3 is 0 Å². The van der Waals surface area contributed by atoms with Crippen molar-refractivity contribution in [3.63, 3.8) is 0 Å². The van der Waals surface area contributed by atoms with Crippen LogP contribution in [0.25, 0.3) is 0 Å². The Bertz CT molecular complexity index is 404. The highest BCUT2D eigenvalue weighted by molar-refractivity contribution is 5.42. The summed E-state index contributed by atoms with van der Waals surface area (Å²) in [5.41, 5.74) is 2.65. The van der Waals surface area contributed by atoms with Crippen LogP contribution in [-0.2, 0) is 12.8 Å². The fourth-order valence-electron chi connectivity index (χ4n) is 2.17. The monoisotopic (exact) mass is 214 g/mol. The molecule has 2 heteroatoms. The van der Waals surface area contributed by atoms with Crippen molar-refractivity contribution in [2.24, 2.45) is 0 Å². The van der Waals surface area contributed by atoms with E-state index < -0.39 is 0 Å². The maximum Gasteiger partial charge on any atom is 0.127 e. The van der Waals surface area contributed by atoms with Crippen molar-refractivity contribution in [2.45, 2.75) is 45.1 Å². The molecule has 0 saturated carbocycles. The second kappa shape index (κ2) is 5.03. The van der Waals surface area contributed by atoms with Gasteiger partial charge in [0.2, 0.25) is 0 Å². The van der Waals surface area contributed by atoms with E-state index in [1.165, 1.54) is 24.1 Å². The summed E-state index contributed by atoms with van der Waals surface area (Å²) in [5, 5.41) is 3.31. The molecule has 84 valence electrons. The first kappa shape index (κ1) is 11.0. The highest BCUT2D eigenvalue weighted by atomic mass is 15.0. The molecule has 1 atom stereocenters. The molecule has 0 aromatic carbocycles. The van der Waals surface area contributed by atoms with E-state index in [0.717, 1.165) is 25.1 Å². The molecule has 2 rings (SSSR count). The number of nitrogens with one attached hydrogen (secondary N) is 1. The zero-order valence-corrected chi connectivity index (χ0v) is 9.79. The standard InChI is InChI=1S/C14H18N2/c1-3-6-12(4-2)15-14-10-9-11-7-5-8-13(11)16-14/h2,9-10,12H,3,5-8H2,1H3,(H,15,16). The Morgan fingerprint density at radius 3 is 3.12 bits per heavy atom. The molecule has 1 aliphatic carbocycles. The topological polar surface area (TPSA) is 24.9 Å². The van der Waals surface area contributed by atoms with Crippen LogP contribution in [0.5, 0.6) is 0 Å². The minimum absolute atomic E-state index is 0.108. The average molecular weight is 214 g/mol. The highest BCUT2D eigenvalue weighted by Crippen LogP contribution is 2.22. The molecule has 2 nitrogen and oxygen atoms in total. The van der Waals surface area contributed by atoms with Gasteiger partial charge in [-0.15, -0.1) is 6.42 Å². The molecule has 0 fully saturated rings. The lowest BCUT2D eigenvalue weighted by molar-refractivity contribution is 0.751. The predicted octanol–water partition coefficient (Wildman–Crippen LogP) is 2.78. The minimum Gasteiger partial charge on any atom is -0.356 e. The van der Waals surface area contributed by atoms with Crippen molar-refractivity contribution in [3.8, 4) is 12.3 Å². The van der Waals surface area contributed by atoms with Crippen LogP contribution in [0.1, 0.15) is 37.4 Å². The Hall–Kier alpha value is -1.49. The van der Waals surface area contributed by atoms with E-state index in [-0.39, 0.29) is 6.04 Å². The van der Waals surface area contributed by atoms with Crippen LogP contribution in [0.3, 0.4) is 0 Å². The molecule has 16 heavy (non-hydrogen) atoms. The van der Waals surface area contributed by atoms with E-state index >= 15 is 0 Å². The van der Waals surface area contributed by atoms with Crippen LogP contribution in [0.15, 0.2) is 12.1 Å². The summed E-state index contributed by atoms with van der Waals surface area (Å²) in [5.74, 6) is 3.70. The first-order valence-corrected chi connectivity index (χ1v) is 6.05. The van der Waals surface area contributed by atoms with Crippen LogP contribution in [0, 0.1) is 12.3 Å². The molecule has 1 aliphatic rings. The van der Waals surface area contributed by atoms with Crippen molar-refractivity contribution in [1.82, 2.24) is 4.98 Å². The summed E-state index contributed by atoms with van der Waals surface area (Å²) in [6, 6.07) is 4.33. The van der Waals surface area contributed by atoms with Crippen LogP contribution in [-0.4, -0.2) is 11.0 Å². The predicted molar refractivity (Wildman–Crippen MR) is 67.4 cm³/mol. The Morgan fingerprint density at radius 2 is 2.38 bits per heavy atom. The third-order valence-corrected chi connectivity index (χ3v) is 3.03. The zero-order valence-electron chi connectivity index (χ0n) is 9.79. The third-order valence-electron chi connectivity index (χ3n) is 3.03. The van der Waals surface area contributed by atoms with Gasteiger partial charge in [-0.2, -0.15) is 0 Å². The minimum atomic E-state index is 0.108. The number of aryl methyl sites for hydroxylation is 2. The summed E-state index contributed by atoms with van der Waals surface area (Å²) >= 11 is 0. The number of hydrogen-bond donors (Lipinski definition) is 1. The second-order valence-corrected chi connectivity index (χ2v) is 4.31. The molecular weight excluding hydrogens is 196 g/mol.